The number of carbonyl (C=O) groups excluding carboxylic acids is 1. The first kappa shape index (κ1) is 18.4. The van der Waals surface area contributed by atoms with Crippen molar-refractivity contribution in [1.82, 2.24) is 24.0 Å². The number of hydrogen-bond donors (Lipinski definition) is 1. The van der Waals surface area contributed by atoms with Gasteiger partial charge in [0.15, 0.2) is 0 Å². The van der Waals surface area contributed by atoms with Crippen LogP contribution in [0.4, 0.5) is 0 Å². The summed E-state index contributed by atoms with van der Waals surface area (Å²) in [5.41, 5.74) is 0.419. The SMILES string of the molecule is Cc1c(C2CCCN(C(=O)Cn3ccc(=O)[nH]c3=O)C2)n2c(nc1=O)CCC2. The molecule has 1 N–H and O–H groups in total. The zero-order chi connectivity index (χ0) is 19.8. The fourth-order valence-corrected chi connectivity index (χ4v) is 4.32. The minimum Gasteiger partial charge on any atom is -0.340 e. The van der Waals surface area contributed by atoms with E-state index < -0.39 is 11.2 Å². The molecule has 2 aromatic heterocycles. The third-order valence-corrected chi connectivity index (χ3v) is 5.68. The molecule has 0 aromatic carbocycles. The van der Waals surface area contributed by atoms with Crippen molar-refractivity contribution in [2.75, 3.05) is 13.1 Å². The predicted octanol–water partition coefficient (Wildman–Crippen LogP) is -0.246. The quantitative estimate of drug-likeness (QED) is 0.784. The van der Waals surface area contributed by atoms with Gasteiger partial charge in [-0.1, -0.05) is 0 Å². The number of rotatable bonds is 3. The molecule has 1 amide bonds. The molecule has 1 unspecified atom stereocenters. The Labute approximate surface area is 160 Å². The van der Waals surface area contributed by atoms with Crippen LogP contribution >= 0.6 is 0 Å². The molecule has 0 radical (unpaired) electrons. The van der Waals surface area contributed by atoms with Gasteiger partial charge >= 0.3 is 5.69 Å². The van der Waals surface area contributed by atoms with E-state index in [2.05, 4.69) is 14.5 Å². The molecule has 2 aliphatic rings. The van der Waals surface area contributed by atoms with Crippen LogP contribution in [0.1, 0.15) is 42.3 Å². The Morgan fingerprint density at radius 1 is 1.25 bits per heavy atom. The van der Waals surface area contributed by atoms with Gasteiger partial charge in [0.25, 0.3) is 11.1 Å². The van der Waals surface area contributed by atoms with Gasteiger partial charge in [0.2, 0.25) is 5.91 Å². The summed E-state index contributed by atoms with van der Waals surface area (Å²) in [5.74, 6) is 0.751. The molecule has 28 heavy (non-hydrogen) atoms. The van der Waals surface area contributed by atoms with Crippen molar-refractivity contribution in [2.24, 2.45) is 0 Å². The molecule has 148 valence electrons. The molecule has 4 rings (SSSR count). The van der Waals surface area contributed by atoms with E-state index in [1.165, 1.54) is 16.8 Å². The Morgan fingerprint density at radius 3 is 2.86 bits per heavy atom. The number of piperidine rings is 1. The number of aryl methyl sites for hydroxylation is 1. The average molecular weight is 385 g/mol. The molecule has 2 aromatic rings. The molecule has 1 fully saturated rings. The van der Waals surface area contributed by atoms with Gasteiger partial charge in [-0.05, 0) is 26.2 Å². The van der Waals surface area contributed by atoms with E-state index in [1.807, 2.05) is 6.92 Å². The van der Waals surface area contributed by atoms with E-state index in [1.54, 1.807) is 4.90 Å². The zero-order valence-corrected chi connectivity index (χ0v) is 15.8. The van der Waals surface area contributed by atoms with Gasteiger partial charge in [-0.3, -0.25) is 23.9 Å². The molecule has 0 bridgehead atoms. The van der Waals surface area contributed by atoms with Gasteiger partial charge in [0, 0.05) is 55.5 Å². The maximum absolute atomic E-state index is 12.8. The van der Waals surface area contributed by atoms with Crippen LogP contribution in [-0.2, 0) is 24.3 Å². The fraction of sp³-hybridized carbons (Fsp3) is 0.526. The van der Waals surface area contributed by atoms with E-state index in [9.17, 15) is 19.2 Å². The van der Waals surface area contributed by atoms with Gasteiger partial charge in [0.1, 0.15) is 12.4 Å². The first-order chi connectivity index (χ1) is 13.4. The molecule has 0 aliphatic carbocycles. The van der Waals surface area contributed by atoms with Crippen LogP contribution in [0.5, 0.6) is 0 Å². The number of nitrogens with one attached hydrogen (secondary N) is 1. The van der Waals surface area contributed by atoms with Crippen molar-refractivity contribution < 1.29 is 4.79 Å². The smallest absolute Gasteiger partial charge is 0.328 e. The van der Waals surface area contributed by atoms with Crippen molar-refractivity contribution >= 4 is 5.91 Å². The second kappa shape index (κ2) is 7.21. The standard InChI is InChI=1S/C19H23N5O4/c1-12-17(24-8-3-5-14(24)20-18(12)27)13-4-2-7-22(10-13)16(26)11-23-9-6-15(25)21-19(23)28/h6,9,13H,2-5,7-8,10-11H2,1H3,(H,21,25,28). The van der Waals surface area contributed by atoms with Crippen LogP contribution in [-0.4, -0.2) is 43.0 Å². The number of aromatic amines is 1. The van der Waals surface area contributed by atoms with E-state index in [-0.39, 0.29) is 23.9 Å². The van der Waals surface area contributed by atoms with Gasteiger partial charge in [-0.2, -0.15) is 4.98 Å². The number of hydrogen-bond acceptors (Lipinski definition) is 5. The first-order valence-electron chi connectivity index (χ1n) is 9.62. The Hall–Kier alpha value is -2.97. The maximum Gasteiger partial charge on any atom is 0.328 e. The summed E-state index contributed by atoms with van der Waals surface area (Å²) < 4.78 is 3.36. The Kier molecular flexibility index (Phi) is 4.74. The molecule has 1 atom stereocenters. The minimum absolute atomic E-state index is 0.0811. The number of nitrogens with zero attached hydrogens (tertiary/aromatic N) is 4. The third kappa shape index (κ3) is 3.32. The first-order valence-corrected chi connectivity index (χ1v) is 9.62. The maximum atomic E-state index is 12.8. The molecule has 9 nitrogen and oxygen atoms in total. The average Bonchev–Trinajstić information content (AvgIpc) is 3.12. The van der Waals surface area contributed by atoms with Gasteiger partial charge in [-0.25, -0.2) is 4.79 Å². The molecule has 0 spiro atoms. The van der Waals surface area contributed by atoms with Gasteiger partial charge < -0.3 is 9.47 Å². The highest BCUT2D eigenvalue weighted by molar-refractivity contribution is 5.76. The van der Waals surface area contributed by atoms with Crippen molar-refractivity contribution in [3.05, 3.63) is 60.5 Å². The number of carbonyl (C=O) groups is 1. The molecule has 2 aliphatic heterocycles. The summed E-state index contributed by atoms with van der Waals surface area (Å²) in [6, 6.07) is 1.23. The van der Waals surface area contributed by atoms with Crippen LogP contribution < -0.4 is 16.8 Å². The normalized spacial score (nSPS) is 18.9. The number of fused-ring (bicyclic) bond motifs is 1. The second-order valence-electron chi connectivity index (χ2n) is 7.52. The number of likely N-dealkylation sites (tertiary alicyclic amines) is 1. The fourth-order valence-electron chi connectivity index (χ4n) is 4.32. The molecule has 4 heterocycles. The summed E-state index contributed by atoms with van der Waals surface area (Å²) in [4.78, 5) is 56.2. The molecule has 0 saturated carbocycles. The predicted molar refractivity (Wildman–Crippen MR) is 101 cm³/mol. The van der Waals surface area contributed by atoms with E-state index >= 15 is 0 Å². The summed E-state index contributed by atoms with van der Waals surface area (Å²) >= 11 is 0. The van der Waals surface area contributed by atoms with E-state index in [4.69, 9.17) is 0 Å². The van der Waals surface area contributed by atoms with Crippen LogP contribution in [0.3, 0.4) is 0 Å². The van der Waals surface area contributed by atoms with Gasteiger partial charge in [0.05, 0.1) is 0 Å². The molecule has 1 saturated heterocycles. The van der Waals surface area contributed by atoms with Crippen LogP contribution in [0.15, 0.2) is 26.6 Å². The van der Waals surface area contributed by atoms with Crippen molar-refractivity contribution in [1.29, 1.82) is 0 Å². The number of H-pyrrole nitrogens is 1. The highest BCUT2D eigenvalue weighted by atomic mass is 16.2. The van der Waals surface area contributed by atoms with Crippen molar-refractivity contribution in [2.45, 2.75) is 51.6 Å². The van der Waals surface area contributed by atoms with Crippen LogP contribution in [0.2, 0.25) is 0 Å². The lowest BCUT2D eigenvalue weighted by Gasteiger charge is -2.34. The second-order valence-corrected chi connectivity index (χ2v) is 7.52. The molecular formula is C19H23N5O4. The Bertz CT molecular complexity index is 1100. The highest BCUT2D eigenvalue weighted by Gasteiger charge is 2.30. The van der Waals surface area contributed by atoms with Crippen LogP contribution in [0.25, 0.3) is 0 Å². The third-order valence-electron chi connectivity index (χ3n) is 5.68. The monoisotopic (exact) mass is 385 g/mol. The topological polar surface area (TPSA) is 110 Å². The summed E-state index contributed by atoms with van der Waals surface area (Å²) in [6.07, 6.45) is 4.87. The lowest BCUT2D eigenvalue weighted by atomic mass is 9.91. The lowest BCUT2D eigenvalue weighted by molar-refractivity contribution is -0.133. The molecule has 9 heteroatoms. The zero-order valence-electron chi connectivity index (χ0n) is 15.8. The summed E-state index contributed by atoms with van der Waals surface area (Å²) in [5, 5.41) is 0. The molecular weight excluding hydrogens is 362 g/mol. The van der Waals surface area contributed by atoms with Crippen molar-refractivity contribution in [3.63, 3.8) is 0 Å². The van der Waals surface area contributed by atoms with E-state index in [0.717, 1.165) is 43.7 Å². The van der Waals surface area contributed by atoms with E-state index in [0.29, 0.717) is 18.7 Å². The summed E-state index contributed by atoms with van der Waals surface area (Å²) in [6.45, 7) is 3.69. The Morgan fingerprint density at radius 2 is 2.07 bits per heavy atom. The number of aromatic nitrogens is 4. The van der Waals surface area contributed by atoms with Crippen molar-refractivity contribution in [3.8, 4) is 0 Å². The summed E-state index contributed by atoms with van der Waals surface area (Å²) in [7, 11) is 0. The Balaban J connectivity index is 1.57. The highest BCUT2D eigenvalue weighted by Crippen LogP contribution is 2.30. The largest absolute Gasteiger partial charge is 0.340 e. The van der Waals surface area contributed by atoms with Gasteiger partial charge in [-0.15, -0.1) is 0 Å². The van der Waals surface area contributed by atoms with Crippen LogP contribution in [0, 0.1) is 6.92 Å². The minimum atomic E-state index is -0.594. The number of amides is 1. The lowest BCUT2D eigenvalue weighted by Crippen LogP contribution is -2.43.